The predicted octanol–water partition coefficient (Wildman–Crippen LogP) is 1.82. The Morgan fingerprint density at radius 3 is 2.78 bits per heavy atom. The van der Waals surface area contributed by atoms with Crippen molar-refractivity contribution in [3.8, 4) is 0 Å². The Hall–Kier alpha value is -1.91. The van der Waals surface area contributed by atoms with Crippen molar-refractivity contribution in [2.45, 2.75) is 25.8 Å². The second-order valence-corrected chi connectivity index (χ2v) is 4.45. The highest BCUT2D eigenvalue weighted by Gasteiger charge is 2.34. The van der Waals surface area contributed by atoms with Gasteiger partial charge in [-0.1, -0.05) is 0 Å². The van der Waals surface area contributed by atoms with Crippen LogP contribution in [0.25, 0.3) is 0 Å². The SMILES string of the molecule is Cc1cc(F)ccc1C(=O)N1CCC[C@@H]1C(=O)O. The predicted molar refractivity (Wildman–Crippen MR) is 62.8 cm³/mol. The van der Waals surface area contributed by atoms with E-state index < -0.39 is 17.8 Å². The topological polar surface area (TPSA) is 57.6 Å². The number of carbonyl (C=O) groups is 2. The fourth-order valence-electron chi connectivity index (χ4n) is 2.29. The lowest BCUT2D eigenvalue weighted by molar-refractivity contribution is -0.141. The summed E-state index contributed by atoms with van der Waals surface area (Å²) in [7, 11) is 0. The first-order valence-corrected chi connectivity index (χ1v) is 5.80. The number of carbonyl (C=O) groups excluding carboxylic acids is 1. The van der Waals surface area contributed by atoms with Crippen LogP contribution in [0.1, 0.15) is 28.8 Å². The Morgan fingerprint density at radius 2 is 2.17 bits per heavy atom. The van der Waals surface area contributed by atoms with Crippen molar-refractivity contribution < 1.29 is 19.1 Å². The molecule has 18 heavy (non-hydrogen) atoms. The van der Waals surface area contributed by atoms with E-state index in [1.54, 1.807) is 6.92 Å². The molecular formula is C13H14FNO3. The fraction of sp³-hybridized carbons (Fsp3) is 0.385. The second kappa shape index (κ2) is 4.76. The average molecular weight is 251 g/mol. The molecule has 1 aliphatic rings. The van der Waals surface area contributed by atoms with Gasteiger partial charge in [0.2, 0.25) is 0 Å². The summed E-state index contributed by atoms with van der Waals surface area (Å²) in [6, 6.07) is 3.14. The van der Waals surface area contributed by atoms with Crippen LogP contribution in [0.2, 0.25) is 0 Å². The van der Waals surface area contributed by atoms with Crippen LogP contribution in [-0.2, 0) is 4.79 Å². The van der Waals surface area contributed by atoms with Crippen molar-refractivity contribution in [1.82, 2.24) is 4.90 Å². The normalized spacial score (nSPS) is 19.0. The Morgan fingerprint density at radius 1 is 1.44 bits per heavy atom. The highest BCUT2D eigenvalue weighted by molar-refractivity contribution is 5.98. The van der Waals surface area contributed by atoms with E-state index in [0.717, 1.165) is 0 Å². The molecule has 1 aromatic rings. The van der Waals surface area contributed by atoms with Gasteiger partial charge in [0, 0.05) is 12.1 Å². The molecule has 1 N–H and O–H groups in total. The van der Waals surface area contributed by atoms with Crippen molar-refractivity contribution in [1.29, 1.82) is 0 Å². The van der Waals surface area contributed by atoms with E-state index in [1.807, 2.05) is 0 Å². The number of hydrogen-bond acceptors (Lipinski definition) is 2. The molecule has 0 radical (unpaired) electrons. The minimum atomic E-state index is -0.986. The monoisotopic (exact) mass is 251 g/mol. The number of amides is 1. The Kier molecular flexibility index (Phi) is 3.32. The van der Waals surface area contributed by atoms with Crippen LogP contribution in [-0.4, -0.2) is 34.5 Å². The summed E-state index contributed by atoms with van der Waals surface area (Å²) in [4.78, 5) is 24.6. The van der Waals surface area contributed by atoms with E-state index in [9.17, 15) is 14.0 Å². The Balaban J connectivity index is 2.28. The molecule has 1 aromatic carbocycles. The quantitative estimate of drug-likeness (QED) is 0.872. The smallest absolute Gasteiger partial charge is 0.326 e. The third-order valence-electron chi connectivity index (χ3n) is 3.22. The van der Waals surface area contributed by atoms with Crippen LogP contribution in [0.3, 0.4) is 0 Å². The van der Waals surface area contributed by atoms with Crippen LogP contribution in [0.5, 0.6) is 0 Å². The lowest BCUT2D eigenvalue weighted by Gasteiger charge is -2.22. The fourth-order valence-corrected chi connectivity index (χ4v) is 2.29. The number of carboxylic acid groups (broad SMARTS) is 1. The number of nitrogens with zero attached hydrogens (tertiary/aromatic N) is 1. The lowest BCUT2D eigenvalue weighted by Crippen LogP contribution is -2.40. The van der Waals surface area contributed by atoms with Gasteiger partial charge in [0.25, 0.3) is 5.91 Å². The number of likely N-dealkylation sites (tertiary alicyclic amines) is 1. The molecule has 1 saturated heterocycles. The summed E-state index contributed by atoms with van der Waals surface area (Å²) in [6.07, 6.45) is 1.16. The number of benzene rings is 1. The molecule has 96 valence electrons. The zero-order chi connectivity index (χ0) is 13.3. The Bertz CT molecular complexity index is 501. The number of hydrogen-bond donors (Lipinski definition) is 1. The maximum absolute atomic E-state index is 13.0. The van der Waals surface area contributed by atoms with Gasteiger partial charge < -0.3 is 10.0 Å². The average Bonchev–Trinajstić information content (AvgIpc) is 2.77. The van der Waals surface area contributed by atoms with Gasteiger partial charge in [-0.3, -0.25) is 4.79 Å². The van der Waals surface area contributed by atoms with Gasteiger partial charge in [0.15, 0.2) is 0 Å². The number of aryl methyl sites for hydroxylation is 1. The highest BCUT2D eigenvalue weighted by atomic mass is 19.1. The van der Waals surface area contributed by atoms with Gasteiger partial charge in [0.1, 0.15) is 11.9 Å². The zero-order valence-corrected chi connectivity index (χ0v) is 10.0. The lowest BCUT2D eigenvalue weighted by atomic mass is 10.1. The third kappa shape index (κ3) is 2.20. The van der Waals surface area contributed by atoms with Gasteiger partial charge in [-0.2, -0.15) is 0 Å². The van der Waals surface area contributed by atoms with E-state index in [1.165, 1.54) is 23.1 Å². The molecule has 1 atom stereocenters. The molecule has 5 heteroatoms. The van der Waals surface area contributed by atoms with Crippen molar-refractivity contribution >= 4 is 11.9 Å². The summed E-state index contributed by atoms with van der Waals surface area (Å²) < 4.78 is 13.0. The number of aliphatic carboxylic acids is 1. The number of carboxylic acids is 1. The van der Waals surface area contributed by atoms with Crippen LogP contribution < -0.4 is 0 Å². The summed E-state index contributed by atoms with van der Waals surface area (Å²) in [5.41, 5.74) is 0.889. The molecule has 0 bridgehead atoms. The third-order valence-corrected chi connectivity index (χ3v) is 3.22. The van der Waals surface area contributed by atoms with Gasteiger partial charge in [-0.25, -0.2) is 9.18 Å². The van der Waals surface area contributed by atoms with E-state index in [4.69, 9.17) is 5.11 Å². The van der Waals surface area contributed by atoms with Crippen molar-refractivity contribution in [3.63, 3.8) is 0 Å². The maximum Gasteiger partial charge on any atom is 0.326 e. The van der Waals surface area contributed by atoms with Crippen LogP contribution in [0.15, 0.2) is 18.2 Å². The zero-order valence-electron chi connectivity index (χ0n) is 10.0. The molecule has 1 amide bonds. The minimum absolute atomic E-state index is 0.336. The molecule has 0 saturated carbocycles. The summed E-state index contributed by atoms with van der Waals surface area (Å²) in [5, 5.41) is 9.04. The Labute approximate surface area is 104 Å². The number of halogens is 1. The van der Waals surface area contributed by atoms with Gasteiger partial charge in [-0.05, 0) is 43.5 Å². The van der Waals surface area contributed by atoms with Gasteiger partial charge in [0.05, 0.1) is 0 Å². The van der Waals surface area contributed by atoms with Crippen LogP contribution >= 0.6 is 0 Å². The van der Waals surface area contributed by atoms with Gasteiger partial charge in [-0.15, -0.1) is 0 Å². The molecule has 1 fully saturated rings. The molecule has 4 nitrogen and oxygen atoms in total. The summed E-state index contributed by atoms with van der Waals surface area (Å²) >= 11 is 0. The summed E-state index contributed by atoms with van der Waals surface area (Å²) in [6.45, 7) is 2.08. The molecule has 0 aliphatic carbocycles. The first-order chi connectivity index (χ1) is 8.50. The van der Waals surface area contributed by atoms with E-state index in [2.05, 4.69) is 0 Å². The van der Waals surface area contributed by atoms with Crippen LogP contribution in [0.4, 0.5) is 4.39 Å². The van der Waals surface area contributed by atoms with E-state index in [0.29, 0.717) is 30.5 Å². The number of rotatable bonds is 2. The van der Waals surface area contributed by atoms with Crippen molar-refractivity contribution in [3.05, 3.63) is 35.1 Å². The van der Waals surface area contributed by atoms with Crippen LogP contribution in [0, 0.1) is 12.7 Å². The van der Waals surface area contributed by atoms with E-state index in [-0.39, 0.29) is 5.91 Å². The molecule has 0 spiro atoms. The maximum atomic E-state index is 13.0. The molecule has 0 aromatic heterocycles. The first kappa shape index (κ1) is 12.5. The largest absolute Gasteiger partial charge is 0.480 e. The summed E-state index contributed by atoms with van der Waals surface area (Å²) in [5.74, 6) is -1.72. The second-order valence-electron chi connectivity index (χ2n) is 4.45. The molecule has 2 rings (SSSR count). The van der Waals surface area contributed by atoms with Crippen molar-refractivity contribution in [2.24, 2.45) is 0 Å². The van der Waals surface area contributed by atoms with Gasteiger partial charge >= 0.3 is 5.97 Å². The first-order valence-electron chi connectivity index (χ1n) is 5.80. The molecule has 1 aliphatic heterocycles. The standard InChI is InChI=1S/C13H14FNO3/c1-8-7-9(14)4-5-10(8)12(16)15-6-2-3-11(15)13(17)18/h4-5,7,11H,2-3,6H2,1H3,(H,17,18)/t11-/m1/s1. The molecular weight excluding hydrogens is 237 g/mol. The van der Waals surface area contributed by atoms with E-state index >= 15 is 0 Å². The highest BCUT2D eigenvalue weighted by Crippen LogP contribution is 2.22. The van der Waals surface area contributed by atoms with Crippen molar-refractivity contribution in [2.75, 3.05) is 6.54 Å². The molecule has 0 unspecified atom stereocenters. The molecule has 1 heterocycles. The minimum Gasteiger partial charge on any atom is -0.480 e.